The lowest BCUT2D eigenvalue weighted by Gasteiger charge is -2.30. The molecule has 0 bridgehead atoms. The van der Waals surface area contributed by atoms with Crippen molar-refractivity contribution in [3.8, 4) is 0 Å². The lowest BCUT2D eigenvalue weighted by molar-refractivity contribution is 0.216. The van der Waals surface area contributed by atoms with Gasteiger partial charge in [0.25, 0.3) is 0 Å². The summed E-state index contributed by atoms with van der Waals surface area (Å²) in [6, 6.07) is 1.37. The predicted molar refractivity (Wildman–Crippen MR) is 70.8 cm³/mol. The highest BCUT2D eigenvalue weighted by atomic mass is 15.1. The fourth-order valence-electron chi connectivity index (χ4n) is 2.53. The van der Waals surface area contributed by atoms with E-state index in [0.29, 0.717) is 12.0 Å². The maximum Gasteiger partial charge on any atom is 0.0237 e. The molecule has 1 aliphatic rings. The molecule has 0 aromatic rings. The van der Waals surface area contributed by atoms with Gasteiger partial charge in [0.1, 0.15) is 0 Å². The second-order valence-electron chi connectivity index (χ2n) is 5.56. The van der Waals surface area contributed by atoms with Gasteiger partial charge in [-0.3, -0.25) is 0 Å². The minimum atomic E-state index is 0.649. The van der Waals surface area contributed by atoms with Gasteiger partial charge in [-0.1, -0.05) is 13.8 Å². The molecule has 2 atom stereocenters. The van der Waals surface area contributed by atoms with E-state index in [1.54, 1.807) is 0 Å². The first kappa shape index (κ1) is 13.9. The molecule has 2 N–H and O–H groups in total. The first-order valence-electron chi connectivity index (χ1n) is 6.71. The lowest BCUT2D eigenvalue weighted by Crippen LogP contribution is -2.44. The molecule has 0 aliphatic carbocycles. The molecule has 0 radical (unpaired) electrons. The van der Waals surface area contributed by atoms with Crippen LogP contribution in [0.5, 0.6) is 0 Å². The van der Waals surface area contributed by atoms with Gasteiger partial charge >= 0.3 is 0 Å². The number of hydrogen-bond acceptors (Lipinski definition) is 3. The number of nitrogens with one attached hydrogen (secondary N) is 2. The number of hydrogen-bond donors (Lipinski definition) is 2. The fraction of sp³-hybridized carbons (Fsp3) is 1.00. The third-order valence-electron chi connectivity index (χ3n) is 3.62. The smallest absolute Gasteiger partial charge is 0.0237 e. The predicted octanol–water partition coefficient (Wildman–Crippen LogP) is 1.30. The normalized spacial score (nSPS) is 24.8. The second kappa shape index (κ2) is 7.25. The van der Waals surface area contributed by atoms with Gasteiger partial charge in [0.05, 0.1) is 0 Å². The Morgan fingerprint density at radius 2 is 2.00 bits per heavy atom. The van der Waals surface area contributed by atoms with Crippen LogP contribution in [0.3, 0.4) is 0 Å². The summed E-state index contributed by atoms with van der Waals surface area (Å²) in [5.74, 6) is 0.714. The fourth-order valence-corrected chi connectivity index (χ4v) is 2.53. The van der Waals surface area contributed by atoms with E-state index in [-0.39, 0.29) is 0 Å². The first-order chi connectivity index (χ1) is 7.61. The molecule has 0 amide bonds. The van der Waals surface area contributed by atoms with Crippen molar-refractivity contribution in [2.75, 3.05) is 33.7 Å². The third-order valence-corrected chi connectivity index (χ3v) is 3.62. The van der Waals surface area contributed by atoms with Crippen molar-refractivity contribution in [1.29, 1.82) is 0 Å². The Morgan fingerprint density at radius 3 is 2.62 bits per heavy atom. The Bertz CT molecular complexity index is 164. The van der Waals surface area contributed by atoms with Crippen LogP contribution < -0.4 is 10.6 Å². The van der Waals surface area contributed by atoms with E-state index >= 15 is 0 Å². The molecule has 0 saturated carbocycles. The van der Waals surface area contributed by atoms with Crippen molar-refractivity contribution in [1.82, 2.24) is 15.5 Å². The van der Waals surface area contributed by atoms with E-state index < -0.39 is 0 Å². The van der Waals surface area contributed by atoms with E-state index in [0.717, 1.165) is 12.6 Å². The van der Waals surface area contributed by atoms with Crippen LogP contribution in [-0.4, -0.2) is 50.7 Å². The number of nitrogens with zero attached hydrogens (tertiary/aromatic N) is 1. The highest BCUT2D eigenvalue weighted by Crippen LogP contribution is 2.09. The van der Waals surface area contributed by atoms with Crippen LogP contribution in [0.25, 0.3) is 0 Å². The SMILES string of the molecule is CC(C)C(CNC1CCCNCC1)N(C)C. The largest absolute Gasteiger partial charge is 0.317 e. The molecule has 16 heavy (non-hydrogen) atoms. The van der Waals surface area contributed by atoms with Crippen molar-refractivity contribution in [2.24, 2.45) is 5.92 Å². The van der Waals surface area contributed by atoms with Gasteiger partial charge in [-0.05, 0) is 52.4 Å². The van der Waals surface area contributed by atoms with Gasteiger partial charge in [0.15, 0.2) is 0 Å². The van der Waals surface area contributed by atoms with Crippen LogP contribution >= 0.6 is 0 Å². The topological polar surface area (TPSA) is 27.3 Å². The second-order valence-corrected chi connectivity index (χ2v) is 5.56. The van der Waals surface area contributed by atoms with Crippen molar-refractivity contribution in [3.63, 3.8) is 0 Å². The van der Waals surface area contributed by atoms with Crippen LogP contribution in [0.4, 0.5) is 0 Å². The molecule has 0 aromatic carbocycles. The summed E-state index contributed by atoms with van der Waals surface area (Å²) in [6.45, 7) is 8.10. The average molecular weight is 227 g/mol. The first-order valence-corrected chi connectivity index (χ1v) is 6.71. The molecule has 3 heteroatoms. The minimum absolute atomic E-state index is 0.649. The zero-order valence-electron chi connectivity index (χ0n) is 11.4. The summed E-state index contributed by atoms with van der Waals surface area (Å²) < 4.78 is 0. The molecule has 3 nitrogen and oxygen atoms in total. The van der Waals surface area contributed by atoms with Crippen LogP contribution in [0.2, 0.25) is 0 Å². The monoisotopic (exact) mass is 227 g/mol. The molecule has 96 valence electrons. The van der Waals surface area contributed by atoms with Crippen molar-refractivity contribution in [3.05, 3.63) is 0 Å². The molecular formula is C13H29N3. The van der Waals surface area contributed by atoms with Crippen molar-refractivity contribution in [2.45, 2.75) is 45.2 Å². The molecule has 1 heterocycles. The summed E-state index contributed by atoms with van der Waals surface area (Å²) in [5, 5.41) is 7.20. The Hall–Kier alpha value is -0.120. The summed E-state index contributed by atoms with van der Waals surface area (Å²) in [7, 11) is 4.36. The molecule has 1 saturated heterocycles. The highest BCUT2D eigenvalue weighted by molar-refractivity contribution is 4.78. The molecule has 1 fully saturated rings. The van der Waals surface area contributed by atoms with Gasteiger partial charge in [-0.2, -0.15) is 0 Å². The van der Waals surface area contributed by atoms with Crippen molar-refractivity contribution < 1.29 is 0 Å². The summed E-state index contributed by atoms with van der Waals surface area (Å²) >= 11 is 0. The highest BCUT2D eigenvalue weighted by Gasteiger charge is 2.18. The van der Waals surface area contributed by atoms with E-state index in [9.17, 15) is 0 Å². The van der Waals surface area contributed by atoms with E-state index in [1.807, 2.05) is 0 Å². The molecule has 1 aliphatic heterocycles. The average Bonchev–Trinajstić information content (AvgIpc) is 2.45. The Labute approximate surface area is 101 Å². The molecular weight excluding hydrogens is 198 g/mol. The van der Waals surface area contributed by atoms with Crippen molar-refractivity contribution >= 4 is 0 Å². The van der Waals surface area contributed by atoms with E-state index in [1.165, 1.54) is 32.4 Å². The Kier molecular flexibility index (Phi) is 6.32. The van der Waals surface area contributed by atoms with Crippen LogP contribution in [-0.2, 0) is 0 Å². The minimum Gasteiger partial charge on any atom is -0.317 e. The quantitative estimate of drug-likeness (QED) is 0.741. The molecule has 0 aromatic heterocycles. The maximum absolute atomic E-state index is 3.74. The van der Waals surface area contributed by atoms with Gasteiger partial charge in [0, 0.05) is 18.6 Å². The Morgan fingerprint density at radius 1 is 1.25 bits per heavy atom. The third kappa shape index (κ3) is 4.81. The maximum atomic E-state index is 3.74. The zero-order valence-corrected chi connectivity index (χ0v) is 11.4. The van der Waals surface area contributed by atoms with E-state index in [4.69, 9.17) is 0 Å². The number of rotatable bonds is 5. The summed E-state index contributed by atoms with van der Waals surface area (Å²) in [5.41, 5.74) is 0. The lowest BCUT2D eigenvalue weighted by atomic mass is 10.0. The molecule has 2 unspecified atom stereocenters. The number of likely N-dealkylation sites (N-methyl/N-ethyl adjacent to an activating group) is 1. The van der Waals surface area contributed by atoms with Crippen LogP contribution in [0.1, 0.15) is 33.1 Å². The van der Waals surface area contributed by atoms with Crippen LogP contribution in [0, 0.1) is 5.92 Å². The van der Waals surface area contributed by atoms with Gasteiger partial charge < -0.3 is 15.5 Å². The van der Waals surface area contributed by atoms with Crippen LogP contribution in [0.15, 0.2) is 0 Å². The molecule has 0 spiro atoms. The molecule has 1 rings (SSSR count). The summed E-state index contributed by atoms with van der Waals surface area (Å²) in [6.07, 6.45) is 3.91. The zero-order chi connectivity index (χ0) is 12.0. The summed E-state index contributed by atoms with van der Waals surface area (Å²) in [4.78, 5) is 2.34. The Balaban J connectivity index is 2.30. The van der Waals surface area contributed by atoms with Gasteiger partial charge in [-0.25, -0.2) is 0 Å². The van der Waals surface area contributed by atoms with Gasteiger partial charge in [-0.15, -0.1) is 0 Å². The van der Waals surface area contributed by atoms with E-state index in [2.05, 4.69) is 43.5 Å². The standard InChI is InChI=1S/C13H29N3/c1-11(2)13(16(3)4)10-15-12-6-5-8-14-9-7-12/h11-15H,5-10H2,1-4H3. The van der Waals surface area contributed by atoms with Gasteiger partial charge in [0.2, 0.25) is 0 Å².